The lowest BCUT2D eigenvalue weighted by molar-refractivity contribution is -0.0108. The molecule has 5 rings (SSSR count). The van der Waals surface area contributed by atoms with Gasteiger partial charge in [0.15, 0.2) is 5.65 Å². The molecule has 11 heteroatoms. The van der Waals surface area contributed by atoms with Crippen molar-refractivity contribution in [2.75, 3.05) is 19.7 Å². The number of fused-ring (bicyclic) bond motifs is 1. The average molecular weight is 554 g/mol. The van der Waals surface area contributed by atoms with Crippen molar-refractivity contribution in [1.82, 2.24) is 24.2 Å². The summed E-state index contributed by atoms with van der Waals surface area (Å²) in [7, 11) is -4.08. The van der Waals surface area contributed by atoms with E-state index in [0.29, 0.717) is 42.2 Å². The summed E-state index contributed by atoms with van der Waals surface area (Å²) in [4.78, 5) is 24.8. The number of nitrogens with zero attached hydrogens (tertiary/aromatic N) is 4. The molecule has 1 amide bonds. The fraction of sp³-hybridized carbons (Fsp3) is 0.296. The van der Waals surface area contributed by atoms with Gasteiger partial charge in [-0.15, -0.1) is 0 Å². The molecule has 0 bridgehead atoms. The molecule has 9 nitrogen and oxygen atoms in total. The third-order valence-electron chi connectivity index (χ3n) is 6.55. The number of carbonyl (C=O) groups excluding carboxylic acids is 1. The molecule has 2 atom stereocenters. The molecule has 0 spiro atoms. The van der Waals surface area contributed by atoms with E-state index >= 15 is 0 Å². The van der Waals surface area contributed by atoms with Crippen LogP contribution in [-0.2, 0) is 14.8 Å². The minimum atomic E-state index is -4.08. The molecule has 4 aromatic rings. The number of amides is 1. The Morgan fingerprint density at radius 1 is 1.08 bits per heavy atom. The average Bonchev–Trinajstić information content (AvgIpc) is 3.21. The number of ether oxygens (including phenoxy) is 1. The molecule has 0 aliphatic carbocycles. The van der Waals surface area contributed by atoms with Crippen molar-refractivity contribution < 1.29 is 17.9 Å². The summed E-state index contributed by atoms with van der Waals surface area (Å²) in [5.74, 6) is -0.115. The number of aryl methyl sites for hydroxylation is 3. The molecule has 1 fully saturated rings. The number of carbonyl (C=O) groups is 1. The number of imidazole rings is 1. The van der Waals surface area contributed by atoms with Gasteiger partial charge in [-0.3, -0.25) is 14.3 Å². The number of alkyl halides is 1. The van der Waals surface area contributed by atoms with E-state index in [1.54, 1.807) is 18.2 Å². The molecule has 2 unspecified atom stereocenters. The quantitative estimate of drug-likeness (QED) is 0.361. The van der Waals surface area contributed by atoms with Crippen LogP contribution in [0.4, 0.5) is 0 Å². The van der Waals surface area contributed by atoms with E-state index in [1.165, 1.54) is 12.1 Å². The second-order valence-corrected chi connectivity index (χ2v) is 11.5. The van der Waals surface area contributed by atoms with E-state index in [-0.39, 0.29) is 16.8 Å². The smallest absolute Gasteiger partial charge is 0.283 e. The van der Waals surface area contributed by atoms with E-state index in [2.05, 4.69) is 14.6 Å². The first-order valence-electron chi connectivity index (χ1n) is 12.2. The predicted octanol–water partition coefficient (Wildman–Crippen LogP) is 3.92. The lowest BCUT2D eigenvalue weighted by Crippen LogP contribution is -2.44. The SMILES string of the molecule is Cc1ccc(S(=O)(=O)NC(=O)c2cc(C)c3nc(C)n(C(c4ccccc4)N4CCOC(Cl)C4)c3n2)cc1. The molecule has 3 heterocycles. The fourth-order valence-electron chi connectivity index (χ4n) is 4.68. The largest absolute Gasteiger partial charge is 0.360 e. The maximum absolute atomic E-state index is 13.2. The predicted molar refractivity (Wildman–Crippen MR) is 145 cm³/mol. The van der Waals surface area contributed by atoms with E-state index < -0.39 is 21.5 Å². The number of sulfonamides is 1. The Kier molecular flexibility index (Phi) is 7.23. The molecule has 38 heavy (non-hydrogen) atoms. The molecule has 198 valence electrons. The number of rotatable bonds is 6. The van der Waals surface area contributed by atoms with Gasteiger partial charge in [0.2, 0.25) is 0 Å². The zero-order valence-corrected chi connectivity index (χ0v) is 22.8. The molecule has 1 N–H and O–H groups in total. The third kappa shape index (κ3) is 5.17. The Hall–Kier alpha value is -3.31. The molecular weight excluding hydrogens is 526 g/mol. The van der Waals surface area contributed by atoms with Gasteiger partial charge >= 0.3 is 0 Å². The van der Waals surface area contributed by atoms with E-state index in [4.69, 9.17) is 21.3 Å². The van der Waals surface area contributed by atoms with Crippen LogP contribution in [0.25, 0.3) is 11.2 Å². The minimum absolute atomic E-state index is 0.00206. The monoisotopic (exact) mass is 553 g/mol. The zero-order chi connectivity index (χ0) is 27.0. The standard InChI is InChI=1S/C27H28ClN5O4S/c1-17-9-11-21(12-10-17)38(35,36)31-26(34)22-15-18(2)24-25(30-22)33(19(3)29-24)27(20-7-5-4-6-8-20)32-13-14-37-23(28)16-32/h4-12,15,23,27H,13-14,16H2,1-3H3,(H,31,34). The van der Waals surface area contributed by atoms with E-state index in [1.807, 2.05) is 55.7 Å². The maximum Gasteiger partial charge on any atom is 0.283 e. The van der Waals surface area contributed by atoms with Crippen LogP contribution in [0.3, 0.4) is 0 Å². The first-order valence-corrected chi connectivity index (χ1v) is 14.1. The Labute approximate surface area is 226 Å². The Balaban J connectivity index is 1.58. The van der Waals surface area contributed by atoms with Gasteiger partial charge in [-0.1, -0.05) is 59.6 Å². The maximum atomic E-state index is 13.2. The van der Waals surface area contributed by atoms with Gasteiger partial charge in [-0.05, 0) is 50.1 Å². The number of hydrogen-bond donors (Lipinski definition) is 1. The summed E-state index contributed by atoms with van der Waals surface area (Å²) in [6, 6.07) is 17.7. The summed E-state index contributed by atoms with van der Waals surface area (Å²) in [5, 5.41) is 0. The van der Waals surface area contributed by atoms with E-state index in [0.717, 1.165) is 11.1 Å². The third-order valence-corrected chi connectivity index (χ3v) is 8.16. The summed E-state index contributed by atoms with van der Waals surface area (Å²) in [6.45, 7) is 7.16. The van der Waals surface area contributed by atoms with Crippen LogP contribution in [0.15, 0.2) is 65.6 Å². The zero-order valence-electron chi connectivity index (χ0n) is 21.3. The highest BCUT2D eigenvalue weighted by Crippen LogP contribution is 2.31. The van der Waals surface area contributed by atoms with Gasteiger partial charge in [0.25, 0.3) is 15.9 Å². The van der Waals surface area contributed by atoms with Gasteiger partial charge in [0.1, 0.15) is 28.8 Å². The molecule has 2 aromatic heterocycles. The Morgan fingerprint density at radius 2 is 1.79 bits per heavy atom. The van der Waals surface area contributed by atoms with Crippen molar-refractivity contribution >= 4 is 38.7 Å². The van der Waals surface area contributed by atoms with Gasteiger partial charge in [0.05, 0.1) is 11.5 Å². The van der Waals surface area contributed by atoms with Crippen LogP contribution in [0.1, 0.15) is 39.2 Å². The summed E-state index contributed by atoms with van der Waals surface area (Å²) in [5.41, 5.74) is 3.25. The van der Waals surface area contributed by atoms with Crippen LogP contribution in [-0.4, -0.2) is 59.0 Å². The summed E-state index contributed by atoms with van der Waals surface area (Å²) in [6.07, 6.45) is -0.312. The van der Waals surface area contributed by atoms with Crippen molar-refractivity contribution in [3.63, 3.8) is 0 Å². The number of pyridine rings is 1. The van der Waals surface area contributed by atoms with Gasteiger partial charge in [-0.25, -0.2) is 23.1 Å². The summed E-state index contributed by atoms with van der Waals surface area (Å²) >= 11 is 6.36. The van der Waals surface area contributed by atoms with Crippen LogP contribution in [0.5, 0.6) is 0 Å². The minimum Gasteiger partial charge on any atom is -0.360 e. The molecule has 0 saturated carbocycles. The second kappa shape index (κ2) is 10.5. The molecule has 1 saturated heterocycles. The van der Waals surface area contributed by atoms with E-state index in [9.17, 15) is 13.2 Å². The van der Waals surface area contributed by atoms with Crippen molar-refractivity contribution in [3.05, 3.63) is 88.9 Å². The normalized spacial score (nSPS) is 17.4. The van der Waals surface area contributed by atoms with Gasteiger partial charge in [-0.2, -0.15) is 0 Å². The number of hydrogen-bond acceptors (Lipinski definition) is 7. The second-order valence-electron chi connectivity index (χ2n) is 9.33. The summed E-state index contributed by atoms with van der Waals surface area (Å²) < 4.78 is 35.4. The first kappa shape index (κ1) is 26.3. The van der Waals surface area contributed by atoms with Crippen LogP contribution in [0, 0.1) is 20.8 Å². The van der Waals surface area contributed by atoms with Crippen LogP contribution in [0.2, 0.25) is 0 Å². The number of aromatic nitrogens is 3. The molecule has 1 aliphatic rings. The Bertz CT molecular complexity index is 1590. The van der Waals surface area contributed by atoms with Crippen molar-refractivity contribution in [2.24, 2.45) is 0 Å². The molecule has 2 aromatic carbocycles. The number of morpholine rings is 1. The van der Waals surface area contributed by atoms with Crippen molar-refractivity contribution in [2.45, 2.75) is 37.4 Å². The van der Waals surface area contributed by atoms with Crippen molar-refractivity contribution in [3.8, 4) is 0 Å². The lowest BCUT2D eigenvalue weighted by Gasteiger charge is -2.37. The van der Waals surface area contributed by atoms with Crippen LogP contribution >= 0.6 is 11.6 Å². The Morgan fingerprint density at radius 3 is 2.47 bits per heavy atom. The van der Waals surface area contributed by atoms with Crippen LogP contribution < -0.4 is 4.72 Å². The van der Waals surface area contributed by atoms with Gasteiger partial charge in [0, 0.05) is 13.1 Å². The molecule has 1 aliphatic heterocycles. The highest BCUT2D eigenvalue weighted by molar-refractivity contribution is 7.90. The molecular formula is C27H28ClN5O4S. The fourth-order valence-corrected chi connectivity index (χ4v) is 5.91. The molecule has 0 radical (unpaired) electrons. The number of benzene rings is 2. The van der Waals surface area contributed by atoms with Gasteiger partial charge < -0.3 is 4.74 Å². The highest BCUT2D eigenvalue weighted by Gasteiger charge is 2.31. The lowest BCUT2D eigenvalue weighted by atomic mass is 10.1. The first-order chi connectivity index (χ1) is 18.1. The van der Waals surface area contributed by atoms with Crippen molar-refractivity contribution in [1.29, 1.82) is 0 Å². The highest BCUT2D eigenvalue weighted by atomic mass is 35.5. The number of nitrogens with one attached hydrogen (secondary N) is 1. The number of halogens is 1. The topological polar surface area (TPSA) is 106 Å².